The molecule has 1 atom stereocenters. The second-order valence-corrected chi connectivity index (χ2v) is 8.01. The van der Waals surface area contributed by atoms with E-state index in [0.29, 0.717) is 41.6 Å². The van der Waals surface area contributed by atoms with E-state index in [4.69, 9.17) is 37.4 Å². The van der Waals surface area contributed by atoms with Crippen molar-refractivity contribution in [3.05, 3.63) is 46.1 Å². The first-order chi connectivity index (χ1) is 13.8. The van der Waals surface area contributed by atoms with Gasteiger partial charge in [0.2, 0.25) is 5.88 Å². The maximum Gasteiger partial charge on any atom is 0.233 e. The predicted octanol–water partition coefficient (Wildman–Crippen LogP) is 3.16. The number of nitrogens with one attached hydrogen (secondary N) is 1. The highest BCUT2D eigenvalue weighted by atomic mass is 35.5. The van der Waals surface area contributed by atoms with Crippen LogP contribution >= 0.6 is 23.2 Å². The predicted molar refractivity (Wildman–Crippen MR) is 113 cm³/mol. The van der Waals surface area contributed by atoms with Crippen molar-refractivity contribution in [2.75, 3.05) is 33.5 Å². The van der Waals surface area contributed by atoms with Crippen LogP contribution in [0.2, 0.25) is 10.2 Å². The lowest BCUT2D eigenvalue weighted by molar-refractivity contribution is 0.0923. The van der Waals surface area contributed by atoms with Crippen LogP contribution in [0, 0.1) is 0 Å². The molecular formula is C20H27Cl2N3O4. The Morgan fingerprint density at radius 3 is 2.59 bits per heavy atom. The van der Waals surface area contributed by atoms with Crippen LogP contribution < -0.4 is 14.8 Å². The van der Waals surface area contributed by atoms with Gasteiger partial charge in [0.15, 0.2) is 5.15 Å². The molecule has 29 heavy (non-hydrogen) atoms. The third kappa shape index (κ3) is 8.72. The summed E-state index contributed by atoms with van der Waals surface area (Å²) >= 11 is 12.0. The molecule has 1 aromatic carbocycles. The highest BCUT2D eigenvalue weighted by Crippen LogP contribution is 2.26. The summed E-state index contributed by atoms with van der Waals surface area (Å²) < 4.78 is 16.3. The Bertz CT molecular complexity index is 760. The van der Waals surface area contributed by atoms with Crippen molar-refractivity contribution < 1.29 is 19.3 Å². The van der Waals surface area contributed by atoms with Gasteiger partial charge in [0, 0.05) is 25.3 Å². The molecule has 160 valence electrons. The number of aliphatic hydroxyl groups is 1. The summed E-state index contributed by atoms with van der Waals surface area (Å²) in [5.41, 5.74) is 0.668. The number of methoxy groups -OCH3 is 1. The molecule has 7 nitrogen and oxygen atoms in total. The van der Waals surface area contributed by atoms with E-state index in [0.717, 1.165) is 12.0 Å². The van der Waals surface area contributed by atoms with Crippen LogP contribution in [0.25, 0.3) is 0 Å². The highest BCUT2D eigenvalue weighted by molar-refractivity contribution is 6.32. The lowest BCUT2D eigenvalue weighted by atomic mass is 10.1. The van der Waals surface area contributed by atoms with Gasteiger partial charge >= 0.3 is 0 Å². The van der Waals surface area contributed by atoms with Crippen molar-refractivity contribution in [2.45, 2.75) is 31.9 Å². The molecule has 0 fully saturated rings. The Kier molecular flexibility index (Phi) is 9.39. The molecule has 2 aromatic rings. The molecule has 0 aliphatic rings. The zero-order valence-corrected chi connectivity index (χ0v) is 18.3. The average Bonchev–Trinajstić information content (AvgIpc) is 2.69. The number of ether oxygens (including phenoxy) is 3. The van der Waals surface area contributed by atoms with Gasteiger partial charge in [-0.05, 0) is 44.0 Å². The Morgan fingerprint density at radius 1 is 1.14 bits per heavy atom. The standard InChI is InChI=1S/C20H27Cl2N3O4/c1-20(2,13-29-19-7-6-18(22)24-25-19)23-11-15(26)12-28-17-5-4-14(8-9-27-3)10-16(17)21/h4-7,10,15,23,26H,8-9,11-13H2,1-3H3. The van der Waals surface area contributed by atoms with E-state index >= 15 is 0 Å². The summed E-state index contributed by atoms with van der Waals surface area (Å²) in [6, 6.07) is 8.85. The smallest absolute Gasteiger partial charge is 0.233 e. The molecule has 0 saturated carbocycles. The molecule has 0 radical (unpaired) electrons. The molecule has 1 heterocycles. The van der Waals surface area contributed by atoms with E-state index < -0.39 is 11.6 Å². The molecule has 2 N–H and O–H groups in total. The zero-order valence-electron chi connectivity index (χ0n) is 16.8. The first-order valence-corrected chi connectivity index (χ1v) is 10.00. The van der Waals surface area contributed by atoms with Gasteiger partial charge in [0.1, 0.15) is 25.1 Å². The van der Waals surface area contributed by atoms with Crippen LogP contribution in [0.4, 0.5) is 0 Å². The Balaban J connectivity index is 1.74. The summed E-state index contributed by atoms with van der Waals surface area (Å²) in [5, 5.41) is 21.9. The van der Waals surface area contributed by atoms with Gasteiger partial charge in [-0.2, -0.15) is 0 Å². The third-order valence-electron chi connectivity index (χ3n) is 4.03. The molecule has 2 rings (SSSR count). The van der Waals surface area contributed by atoms with Crippen molar-refractivity contribution >= 4 is 23.2 Å². The van der Waals surface area contributed by atoms with Crippen LogP contribution in [0.5, 0.6) is 11.6 Å². The Labute approximate surface area is 181 Å². The number of aromatic nitrogens is 2. The van der Waals surface area contributed by atoms with Crippen molar-refractivity contribution in [1.29, 1.82) is 0 Å². The monoisotopic (exact) mass is 443 g/mol. The summed E-state index contributed by atoms with van der Waals surface area (Å²) in [4.78, 5) is 0. The Hall–Kier alpha value is -1.64. The minimum atomic E-state index is -0.714. The quantitative estimate of drug-likeness (QED) is 0.520. The van der Waals surface area contributed by atoms with Crippen LogP contribution in [0.1, 0.15) is 19.4 Å². The van der Waals surface area contributed by atoms with Crippen LogP contribution in [0.3, 0.4) is 0 Å². The van der Waals surface area contributed by atoms with Gasteiger partial charge in [-0.1, -0.05) is 29.3 Å². The Morgan fingerprint density at radius 2 is 1.93 bits per heavy atom. The fourth-order valence-electron chi connectivity index (χ4n) is 2.36. The molecule has 9 heteroatoms. The summed E-state index contributed by atoms with van der Waals surface area (Å²) in [6.07, 6.45) is 0.0655. The number of hydrogen-bond donors (Lipinski definition) is 2. The maximum atomic E-state index is 10.2. The number of halogens is 2. The van der Waals surface area contributed by atoms with Crippen molar-refractivity contribution in [1.82, 2.24) is 15.5 Å². The molecule has 0 saturated heterocycles. The molecule has 0 amide bonds. The molecule has 1 aromatic heterocycles. The molecule has 0 aliphatic carbocycles. The SMILES string of the molecule is COCCc1ccc(OCC(O)CNC(C)(C)COc2ccc(Cl)nn2)c(Cl)c1. The number of aliphatic hydroxyl groups excluding tert-OH is 1. The normalized spacial score (nSPS) is 12.6. The first-order valence-electron chi connectivity index (χ1n) is 9.24. The number of rotatable bonds is 12. The first kappa shape index (κ1) is 23.6. The van der Waals surface area contributed by atoms with Gasteiger partial charge in [-0.15, -0.1) is 10.2 Å². The fourth-order valence-corrected chi connectivity index (χ4v) is 2.72. The number of nitrogens with zero attached hydrogens (tertiary/aromatic N) is 2. The van der Waals surface area contributed by atoms with Gasteiger partial charge in [0.25, 0.3) is 0 Å². The lowest BCUT2D eigenvalue weighted by Crippen LogP contribution is -2.48. The van der Waals surface area contributed by atoms with Crippen LogP contribution in [0.15, 0.2) is 30.3 Å². The van der Waals surface area contributed by atoms with Crippen molar-refractivity contribution in [3.63, 3.8) is 0 Å². The summed E-state index contributed by atoms with van der Waals surface area (Å²) in [6.45, 7) is 5.33. The number of hydrogen-bond acceptors (Lipinski definition) is 7. The van der Waals surface area contributed by atoms with Crippen LogP contribution in [-0.4, -0.2) is 60.4 Å². The second-order valence-electron chi connectivity index (χ2n) is 7.22. The number of benzene rings is 1. The van der Waals surface area contributed by atoms with Crippen molar-refractivity contribution in [3.8, 4) is 11.6 Å². The lowest BCUT2D eigenvalue weighted by Gasteiger charge is -2.27. The molecule has 1 unspecified atom stereocenters. The van der Waals surface area contributed by atoms with E-state index in [1.807, 2.05) is 26.0 Å². The van der Waals surface area contributed by atoms with Crippen LogP contribution in [-0.2, 0) is 11.2 Å². The van der Waals surface area contributed by atoms with Gasteiger partial charge < -0.3 is 24.6 Å². The zero-order chi connectivity index (χ0) is 21.3. The molecule has 0 aliphatic heterocycles. The summed E-state index contributed by atoms with van der Waals surface area (Å²) in [7, 11) is 1.66. The van der Waals surface area contributed by atoms with Crippen molar-refractivity contribution in [2.24, 2.45) is 0 Å². The van der Waals surface area contributed by atoms with Gasteiger partial charge in [0.05, 0.1) is 11.6 Å². The van der Waals surface area contributed by atoms with Gasteiger partial charge in [-0.25, -0.2) is 0 Å². The van der Waals surface area contributed by atoms with E-state index in [9.17, 15) is 5.11 Å². The van der Waals surface area contributed by atoms with E-state index in [1.54, 1.807) is 25.3 Å². The highest BCUT2D eigenvalue weighted by Gasteiger charge is 2.20. The van der Waals surface area contributed by atoms with Gasteiger partial charge in [-0.3, -0.25) is 0 Å². The second kappa shape index (κ2) is 11.5. The molecule has 0 bridgehead atoms. The largest absolute Gasteiger partial charge is 0.489 e. The fraction of sp³-hybridized carbons (Fsp3) is 0.500. The topological polar surface area (TPSA) is 85.7 Å². The van der Waals surface area contributed by atoms with E-state index in [-0.39, 0.29) is 6.61 Å². The van der Waals surface area contributed by atoms with E-state index in [1.165, 1.54) is 0 Å². The average molecular weight is 444 g/mol. The summed E-state index contributed by atoms with van der Waals surface area (Å²) in [5.74, 6) is 0.924. The molecular weight excluding hydrogens is 417 g/mol. The van der Waals surface area contributed by atoms with E-state index in [2.05, 4.69) is 15.5 Å². The maximum absolute atomic E-state index is 10.2. The minimum Gasteiger partial charge on any atom is -0.489 e. The molecule has 0 spiro atoms. The minimum absolute atomic E-state index is 0.115. The number of β-amino-alcohol motifs (C(OH)–C–C–N with tert-alkyl or cyclic N) is 1. The third-order valence-corrected chi connectivity index (χ3v) is 4.52.